The Morgan fingerprint density at radius 1 is 1.50 bits per heavy atom. The van der Waals surface area contributed by atoms with Crippen LogP contribution in [0.15, 0.2) is 18.2 Å². The number of urea groups is 1. The van der Waals surface area contributed by atoms with Crippen molar-refractivity contribution < 1.29 is 18.7 Å². The Bertz CT molecular complexity index is 465. The van der Waals surface area contributed by atoms with Crippen molar-refractivity contribution >= 4 is 11.9 Å². The highest BCUT2D eigenvalue weighted by Gasteiger charge is 2.18. The van der Waals surface area contributed by atoms with Crippen LogP contribution < -0.4 is 21.5 Å². The molecule has 6 nitrogen and oxygen atoms in total. The van der Waals surface area contributed by atoms with E-state index in [1.165, 1.54) is 25.1 Å². The maximum absolute atomic E-state index is 13.4. The minimum absolute atomic E-state index is 0.0633. The second-order valence-electron chi connectivity index (χ2n) is 3.53. The number of hydrogen-bond acceptors (Lipinski definition) is 4. The molecule has 1 aromatic rings. The van der Waals surface area contributed by atoms with Crippen molar-refractivity contribution in [1.82, 2.24) is 5.32 Å². The molecule has 18 heavy (non-hydrogen) atoms. The number of halogens is 1. The first-order chi connectivity index (χ1) is 8.45. The van der Waals surface area contributed by atoms with E-state index in [4.69, 9.17) is 16.2 Å². The van der Waals surface area contributed by atoms with Crippen LogP contribution >= 0.6 is 0 Å². The zero-order chi connectivity index (χ0) is 13.7. The molecule has 0 heterocycles. The molecule has 0 aliphatic heterocycles. The predicted octanol–water partition coefficient (Wildman–Crippen LogP) is 0.247. The van der Waals surface area contributed by atoms with Crippen LogP contribution in [0.4, 0.5) is 9.18 Å². The van der Waals surface area contributed by atoms with Gasteiger partial charge in [-0.05, 0) is 19.1 Å². The number of rotatable bonds is 4. The van der Waals surface area contributed by atoms with Crippen molar-refractivity contribution in [2.45, 2.75) is 19.6 Å². The van der Waals surface area contributed by atoms with Crippen molar-refractivity contribution in [1.29, 1.82) is 0 Å². The Hall–Kier alpha value is -2.15. The number of ether oxygens (including phenoxy) is 1. The van der Waals surface area contributed by atoms with Gasteiger partial charge in [0.15, 0.2) is 6.10 Å². The van der Waals surface area contributed by atoms with Gasteiger partial charge >= 0.3 is 6.03 Å². The molecule has 0 saturated heterocycles. The molecule has 7 heteroatoms. The fraction of sp³-hybridized carbons (Fsp3) is 0.273. The predicted molar refractivity (Wildman–Crippen MR) is 62.1 cm³/mol. The fourth-order valence-corrected chi connectivity index (χ4v) is 1.31. The van der Waals surface area contributed by atoms with Crippen LogP contribution in [0.1, 0.15) is 12.5 Å². The summed E-state index contributed by atoms with van der Waals surface area (Å²) < 4.78 is 18.6. The Balaban J connectivity index is 2.81. The molecule has 0 bridgehead atoms. The van der Waals surface area contributed by atoms with Crippen molar-refractivity contribution in [2.75, 3.05) is 0 Å². The third-order valence-corrected chi connectivity index (χ3v) is 2.20. The molecule has 1 rings (SSSR count). The van der Waals surface area contributed by atoms with Gasteiger partial charge in [-0.2, -0.15) is 0 Å². The summed E-state index contributed by atoms with van der Waals surface area (Å²) in [4.78, 5) is 21.9. The van der Waals surface area contributed by atoms with Gasteiger partial charge in [0, 0.05) is 12.1 Å². The lowest BCUT2D eigenvalue weighted by Crippen LogP contribution is -2.42. The molecule has 0 saturated carbocycles. The van der Waals surface area contributed by atoms with Crippen LogP contribution in [0.25, 0.3) is 0 Å². The van der Waals surface area contributed by atoms with E-state index in [2.05, 4.69) is 0 Å². The van der Waals surface area contributed by atoms with Gasteiger partial charge in [0.25, 0.3) is 5.91 Å². The molecule has 5 N–H and O–H groups in total. The summed E-state index contributed by atoms with van der Waals surface area (Å²) in [5, 5.41) is 1.86. The molecule has 0 aliphatic rings. The van der Waals surface area contributed by atoms with E-state index in [1.807, 2.05) is 5.32 Å². The topological polar surface area (TPSA) is 107 Å². The van der Waals surface area contributed by atoms with Crippen LogP contribution in [0.5, 0.6) is 5.75 Å². The Kier molecular flexibility index (Phi) is 4.61. The standard InChI is InChI=1S/C11H14FN3O3/c1-6(10(16)15-11(14)17)18-9-4-2-3-8(12)7(9)5-13/h2-4,6H,5,13H2,1H3,(H3,14,15,16,17). The summed E-state index contributed by atoms with van der Waals surface area (Å²) in [6, 6.07) is 3.18. The van der Waals surface area contributed by atoms with E-state index in [0.29, 0.717) is 0 Å². The van der Waals surface area contributed by atoms with Gasteiger partial charge in [-0.15, -0.1) is 0 Å². The summed E-state index contributed by atoms with van der Waals surface area (Å²) in [7, 11) is 0. The van der Waals surface area contributed by atoms with Crippen LogP contribution in [-0.4, -0.2) is 18.0 Å². The molecule has 1 atom stereocenters. The van der Waals surface area contributed by atoms with Gasteiger partial charge in [-0.3, -0.25) is 10.1 Å². The molecular weight excluding hydrogens is 241 g/mol. The highest BCUT2D eigenvalue weighted by molar-refractivity contribution is 5.95. The number of primary amides is 1. The second kappa shape index (κ2) is 5.97. The maximum atomic E-state index is 13.4. The number of hydrogen-bond donors (Lipinski definition) is 3. The first-order valence-corrected chi connectivity index (χ1v) is 5.20. The summed E-state index contributed by atoms with van der Waals surface area (Å²) in [5.41, 5.74) is 10.4. The normalized spacial score (nSPS) is 11.7. The number of amides is 3. The molecule has 0 aromatic heterocycles. The van der Waals surface area contributed by atoms with Gasteiger partial charge in [-0.1, -0.05) is 6.07 Å². The lowest BCUT2D eigenvalue weighted by molar-refractivity contribution is -0.126. The molecule has 3 amide bonds. The van der Waals surface area contributed by atoms with E-state index in [-0.39, 0.29) is 17.9 Å². The smallest absolute Gasteiger partial charge is 0.318 e. The molecule has 1 unspecified atom stereocenters. The number of carbonyl (C=O) groups is 2. The average molecular weight is 255 g/mol. The van der Waals surface area contributed by atoms with Crippen LogP contribution in [0.3, 0.4) is 0 Å². The first kappa shape index (κ1) is 13.9. The van der Waals surface area contributed by atoms with Crippen molar-refractivity contribution in [3.05, 3.63) is 29.6 Å². The van der Waals surface area contributed by atoms with E-state index in [9.17, 15) is 14.0 Å². The van der Waals surface area contributed by atoms with Gasteiger partial charge in [0.05, 0.1) is 0 Å². The summed E-state index contributed by atoms with van der Waals surface area (Å²) in [6.07, 6.45) is -0.996. The minimum atomic E-state index is -0.996. The fourth-order valence-electron chi connectivity index (χ4n) is 1.31. The third kappa shape index (κ3) is 3.42. The van der Waals surface area contributed by atoms with Crippen molar-refractivity contribution in [2.24, 2.45) is 11.5 Å². The SMILES string of the molecule is CC(Oc1cccc(F)c1CN)C(=O)NC(N)=O. The molecule has 1 aromatic carbocycles. The summed E-state index contributed by atoms with van der Waals surface area (Å²) in [5.74, 6) is -1.07. The summed E-state index contributed by atoms with van der Waals surface area (Å²) in [6.45, 7) is 1.34. The quantitative estimate of drug-likeness (QED) is 0.716. The zero-order valence-electron chi connectivity index (χ0n) is 9.77. The molecule has 0 fully saturated rings. The Morgan fingerprint density at radius 2 is 2.17 bits per heavy atom. The van der Waals surface area contributed by atoms with Crippen molar-refractivity contribution in [3.63, 3.8) is 0 Å². The maximum Gasteiger partial charge on any atom is 0.318 e. The van der Waals surface area contributed by atoms with E-state index >= 15 is 0 Å². The second-order valence-corrected chi connectivity index (χ2v) is 3.53. The minimum Gasteiger partial charge on any atom is -0.480 e. The molecule has 0 spiro atoms. The Labute approximate surface area is 103 Å². The lowest BCUT2D eigenvalue weighted by Gasteiger charge is -2.16. The van der Waals surface area contributed by atoms with Crippen LogP contribution in [-0.2, 0) is 11.3 Å². The van der Waals surface area contributed by atoms with Crippen LogP contribution in [0, 0.1) is 5.82 Å². The number of benzene rings is 1. The number of nitrogens with two attached hydrogens (primary N) is 2. The van der Waals surface area contributed by atoms with Gasteiger partial charge < -0.3 is 16.2 Å². The number of carbonyl (C=O) groups excluding carboxylic acids is 2. The molecule has 0 radical (unpaired) electrons. The zero-order valence-corrected chi connectivity index (χ0v) is 9.77. The Morgan fingerprint density at radius 3 is 2.72 bits per heavy atom. The molecule has 0 aliphatic carbocycles. The van der Waals surface area contributed by atoms with Gasteiger partial charge in [0.1, 0.15) is 11.6 Å². The van der Waals surface area contributed by atoms with E-state index in [1.54, 1.807) is 0 Å². The number of nitrogens with one attached hydrogen (secondary N) is 1. The highest BCUT2D eigenvalue weighted by Crippen LogP contribution is 2.21. The monoisotopic (exact) mass is 255 g/mol. The van der Waals surface area contributed by atoms with Gasteiger partial charge in [-0.25, -0.2) is 9.18 Å². The van der Waals surface area contributed by atoms with E-state index < -0.39 is 23.9 Å². The summed E-state index contributed by atoms with van der Waals surface area (Å²) >= 11 is 0. The van der Waals surface area contributed by atoms with Crippen LogP contribution in [0.2, 0.25) is 0 Å². The van der Waals surface area contributed by atoms with Gasteiger partial charge in [0.2, 0.25) is 0 Å². The first-order valence-electron chi connectivity index (χ1n) is 5.20. The third-order valence-electron chi connectivity index (χ3n) is 2.20. The lowest BCUT2D eigenvalue weighted by atomic mass is 10.2. The number of imide groups is 1. The average Bonchev–Trinajstić information content (AvgIpc) is 2.28. The van der Waals surface area contributed by atoms with E-state index in [0.717, 1.165) is 0 Å². The largest absolute Gasteiger partial charge is 0.480 e. The molecule has 98 valence electrons. The molecular formula is C11H14FN3O3. The van der Waals surface area contributed by atoms with Crippen molar-refractivity contribution in [3.8, 4) is 5.75 Å². The highest BCUT2D eigenvalue weighted by atomic mass is 19.1.